The quantitative estimate of drug-likeness (QED) is 0.313. The lowest BCUT2D eigenvalue weighted by molar-refractivity contribution is -0.117. The maximum Gasteiger partial charge on any atom is 0.287 e. The zero-order valence-electron chi connectivity index (χ0n) is 19.1. The van der Waals surface area contributed by atoms with Gasteiger partial charge in [-0.05, 0) is 53.5 Å². The molecule has 0 bridgehead atoms. The molecule has 0 aliphatic carbocycles. The van der Waals surface area contributed by atoms with Gasteiger partial charge in [-0.25, -0.2) is 5.43 Å². The molecule has 2 amide bonds. The Labute approximate surface area is 194 Å². The van der Waals surface area contributed by atoms with E-state index in [2.05, 4.69) is 22.8 Å². The number of rotatable bonds is 8. The van der Waals surface area contributed by atoms with Gasteiger partial charge in [-0.3, -0.25) is 9.59 Å². The Balaban J connectivity index is 1.79. The summed E-state index contributed by atoms with van der Waals surface area (Å²) in [6, 6.07) is 24.3. The second-order valence-electron chi connectivity index (χ2n) is 7.66. The number of anilines is 1. The lowest BCUT2D eigenvalue weighted by Gasteiger charge is -2.12. The number of carbonyl (C=O) groups is 2. The number of amides is 2. The minimum Gasteiger partial charge on any atom is -0.378 e. The largest absolute Gasteiger partial charge is 0.378 e. The van der Waals surface area contributed by atoms with E-state index < -0.39 is 5.91 Å². The first-order chi connectivity index (χ1) is 16.0. The highest BCUT2D eigenvalue weighted by molar-refractivity contribution is 6.05. The van der Waals surface area contributed by atoms with E-state index in [1.165, 1.54) is 5.56 Å². The predicted molar refractivity (Wildman–Crippen MR) is 134 cm³/mol. The number of benzene rings is 3. The average molecular weight is 441 g/mol. The molecule has 6 heteroatoms. The molecule has 6 nitrogen and oxygen atoms in total. The molecule has 0 fully saturated rings. The Morgan fingerprint density at radius 3 is 2.12 bits per heavy atom. The second kappa shape index (κ2) is 11.4. The zero-order valence-corrected chi connectivity index (χ0v) is 19.1. The van der Waals surface area contributed by atoms with E-state index in [4.69, 9.17) is 0 Å². The van der Waals surface area contributed by atoms with Gasteiger partial charge in [-0.15, -0.1) is 0 Å². The summed E-state index contributed by atoms with van der Waals surface area (Å²) in [5.74, 6) is -0.890. The molecule has 0 unspecified atom stereocenters. The molecule has 3 rings (SSSR count). The van der Waals surface area contributed by atoms with E-state index >= 15 is 0 Å². The van der Waals surface area contributed by atoms with E-state index in [0.717, 1.165) is 23.2 Å². The number of nitrogens with one attached hydrogen (secondary N) is 2. The van der Waals surface area contributed by atoms with Gasteiger partial charge in [-0.1, -0.05) is 61.5 Å². The van der Waals surface area contributed by atoms with Crippen LogP contribution in [-0.2, 0) is 11.2 Å². The highest BCUT2D eigenvalue weighted by atomic mass is 16.2. The Hall–Kier alpha value is -4.19. The highest BCUT2D eigenvalue weighted by Gasteiger charge is 2.14. The van der Waals surface area contributed by atoms with Crippen molar-refractivity contribution in [2.24, 2.45) is 5.10 Å². The zero-order chi connectivity index (χ0) is 23.6. The number of carbonyl (C=O) groups excluding carboxylic acids is 2. The maximum atomic E-state index is 12.9. The number of hydrazone groups is 1. The standard InChI is InChI=1S/C27H28N4O2/c1-4-20-10-12-22(13-11-20)19-28-30-27(33)25(29-26(32)23-8-6-5-7-9-23)18-21-14-16-24(17-15-21)31(2)3/h5-19H,4H2,1-3H3,(H,29,32)(H,30,33)/b25-18+,28-19+. The molecule has 0 radical (unpaired) electrons. The normalized spacial score (nSPS) is 11.3. The van der Waals surface area contributed by atoms with Gasteiger partial charge in [0, 0.05) is 25.3 Å². The minimum atomic E-state index is -0.516. The summed E-state index contributed by atoms with van der Waals surface area (Å²) in [7, 11) is 3.91. The van der Waals surface area contributed by atoms with E-state index in [9.17, 15) is 9.59 Å². The molecule has 2 N–H and O–H groups in total. The maximum absolute atomic E-state index is 12.9. The number of hydrogen-bond acceptors (Lipinski definition) is 4. The van der Waals surface area contributed by atoms with Gasteiger partial charge >= 0.3 is 0 Å². The van der Waals surface area contributed by atoms with Crippen LogP contribution in [0.5, 0.6) is 0 Å². The van der Waals surface area contributed by atoms with Crippen LogP contribution < -0.4 is 15.6 Å². The molecule has 0 saturated heterocycles. The third-order valence-corrected chi connectivity index (χ3v) is 5.02. The fraction of sp³-hybridized carbons (Fsp3) is 0.148. The van der Waals surface area contributed by atoms with E-state index in [-0.39, 0.29) is 11.6 Å². The van der Waals surface area contributed by atoms with Crippen molar-refractivity contribution in [3.8, 4) is 0 Å². The topological polar surface area (TPSA) is 73.8 Å². The van der Waals surface area contributed by atoms with Crippen molar-refractivity contribution in [1.29, 1.82) is 0 Å². The summed E-state index contributed by atoms with van der Waals surface area (Å²) in [6.07, 6.45) is 4.15. The second-order valence-corrected chi connectivity index (χ2v) is 7.66. The first-order valence-corrected chi connectivity index (χ1v) is 10.7. The highest BCUT2D eigenvalue weighted by Crippen LogP contribution is 2.14. The monoisotopic (exact) mass is 440 g/mol. The molecule has 168 valence electrons. The van der Waals surface area contributed by atoms with Crippen molar-refractivity contribution in [2.45, 2.75) is 13.3 Å². The molecular weight excluding hydrogens is 412 g/mol. The lowest BCUT2D eigenvalue weighted by Crippen LogP contribution is -2.32. The van der Waals surface area contributed by atoms with Crippen molar-refractivity contribution >= 4 is 29.8 Å². The Bertz CT molecular complexity index is 1130. The van der Waals surface area contributed by atoms with Gasteiger partial charge in [0.15, 0.2) is 0 Å². The summed E-state index contributed by atoms with van der Waals surface area (Å²) < 4.78 is 0. The number of nitrogens with zero attached hydrogens (tertiary/aromatic N) is 2. The van der Waals surface area contributed by atoms with Crippen LogP contribution in [0, 0.1) is 0 Å². The first-order valence-electron chi connectivity index (χ1n) is 10.7. The Morgan fingerprint density at radius 1 is 0.879 bits per heavy atom. The van der Waals surface area contributed by atoms with Gasteiger partial charge in [-0.2, -0.15) is 5.10 Å². The van der Waals surface area contributed by atoms with Crippen LogP contribution >= 0.6 is 0 Å². The van der Waals surface area contributed by atoms with Crippen LogP contribution in [0.15, 0.2) is 89.7 Å². The van der Waals surface area contributed by atoms with Gasteiger partial charge in [0.1, 0.15) is 5.70 Å². The molecule has 3 aromatic rings. The summed E-state index contributed by atoms with van der Waals surface area (Å²) in [4.78, 5) is 27.5. The van der Waals surface area contributed by atoms with E-state index in [1.54, 1.807) is 36.6 Å². The molecule has 0 aromatic heterocycles. The third-order valence-electron chi connectivity index (χ3n) is 5.02. The predicted octanol–water partition coefficient (Wildman–Crippen LogP) is 4.24. The van der Waals surface area contributed by atoms with Gasteiger partial charge in [0.05, 0.1) is 6.21 Å². The molecule has 0 atom stereocenters. The number of aryl methyl sites for hydroxylation is 1. The lowest BCUT2D eigenvalue weighted by atomic mass is 10.1. The van der Waals surface area contributed by atoms with Crippen molar-refractivity contribution in [3.05, 3.63) is 107 Å². The van der Waals surface area contributed by atoms with Crippen LogP contribution in [0.3, 0.4) is 0 Å². The summed E-state index contributed by atoms with van der Waals surface area (Å²) in [6.45, 7) is 2.09. The minimum absolute atomic E-state index is 0.0972. The fourth-order valence-electron chi connectivity index (χ4n) is 3.04. The van der Waals surface area contributed by atoms with Crippen molar-refractivity contribution in [3.63, 3.8) is 0 Å². The van der Waals surface area contributed by atoms with Crippen LogP contribution in [-0.4, -0.2) is 32.1 Å². The Kier molecular flexibility index (Phi) is 8.13. The third kappa shape index (κ3) is 6.90. The van der Waals surface area contributed by atoms with Crippen molar-refractivity contribution < 1.29 is 9.59 Å². The van der Waals surface area contributed by atoms with E-state index in [1.807, 2.05) is 73.6 Å². The molecule has 0 saturated carbocycles. The van der Waals surface area contributed by atoms with Gasteiger partial charge in [0.25, 0.3) is 11.8 Å². The smallest absolute Gasteiger partial charge is 0.287 e. The molecule has 0 spiro atoms. The van der Waals surface area contributed by atoms with Crippen LogP contribution in [0.1, 0.15) is 34.0 Å². The van der Waals surface area contributed by atoms with Gasteiger partial charge < -0.3 is 10.2 Å². The molecule has 0 heterocycles. The average Bonchev–Trinajstić information content (AvgIpc) is 2.84. The molecule has 0 aliphatic heterocycles. The van der Waals surface area contributed by atoms with Crippen molar-refractivity contribution in [2.75, 3.05) is 19.0 Å². The van der Waals surface area contributed by atoms with Crippen LogP contribution in [0.4, 0.5) is 5.69 Å². The van der Waals surface area contributed by atoms with Gasteiger partial charge in [0.2, 0.25) is 0 Å². The number of hydrogen-bond donors (Lipinski definition) is 2. The van der Waals surface area contributed by atoms with Crippen LogP contribution in [0.25, 0.3) is 6.08 Å². The van der Waals surface area contributed by atoms with Crippen molar-refractivity contribution in [1.82, 2.24) is 10.7 Å². The fourth-order valence-corrected chi connectivity index (χ4v) is 3.04. The molecule has 33 heavy (non-hydrogen) atoms. The molecule has 3 aromatic carbocycles. The summed E-state index contributed by atoms with van der Waals surface area (Å²) in [5.41, 5.74) is 6.96. The first kappa shape index (κ1) is 23.5. The van der Waals surface area contributed by atoms with E-state index in [0.29, 0.717) is 5.56 Å². The molecular formula is C27H28N4O2. The van der Waals surface area contributed by atoms with Crippen LogP contribution in [0.2, 0.25) is 0 Å². The molecule has 0 aliphatic rings. The Morgan fingerprint density at radius 2 is 1.52 bits per heavy atom. The SMILES string of the molecule is CCc1ccc(/C=N/NC(=O)/C(=C\c2ccc(N(C)C)cc2)NC(=O)c2ccccc2)cc1. The summed E-state index contributed by atoms with van der Waals surface area (Å²) >= 11 is 0. The summed E-state index contributed by atoms with van der Waals surface area (Å²) in [5, 5.41) is 6.76.